The molecule has 0 fully saturated rings. The molecule has 0 amide bonds. The van der Waals surface area contributed by atoms with Gasteiger partial charge in [0.05, 0.1) is 13.0 Å². The Kier molecular flexibility index (Phi) is 7.59. The number of benzene rings is 1. The van der Waals surface area contributed by atoms with Crippen LogP contribution in [0.4, 0.5) is 0 Å². The van der Waals surface area contributed by atoms with Gasteiger partial charge in [-0.1, -0.05) is 24.3 Å². The standard InChI is InChI=1S/C15H24O5Si/c1-13-8-5-6-9-14(13)12-15(16)20-10-7-11-21(17-2,18-3)19-4/h5-6,8-9H,7,10-12H2,1-4H3. The summed E-state index contributed by atoms with van der Waals surface area (Å²) in [6, 6.07) is 8.42. The first-order valence-corrected chi connectivity index (χ1v) is 8.85. The summed E-state index contributed by atoms with van der Waals surface area (Å²) in [4.78, 5) is 11.8. The van der Waals surface area contributed by atoms with Crippen LogP contribution in [-0.2, 0) is 29.2 Å². The van der Waals surface area contributed by atoms with E-state index in [1.807, 2.05) is 31.2 Å². The first-order chi connectivity index (χ1) is 10.1. The van der Waals surface area contributed by atoms with Crippen molar-refractivity contribution in [2.75, 3.05) is 27.9 Å². The van der Waals surface area contributed by atoms with Gasteiger partial charge in [0.15, 0.2) is 0 Å². The summed E-state index contributed by atoms with van der Waals surface area (Å²) in [6.45, 7) is 2.33. The Morgan fingerprint density at radius 1 is 1.10 bits per heavy atom. The van der Waals surface area contributed by atoms with Crippen LogP contribution in [0.15, 0.2) is 24.3 Å². The Morgan fingerprint density at radius 3 is 2.29 bits per heavy atom. The number of hydrogen-bond donors (Lipinski definition) is 0. The Balaban J connectivity index is 2.33. The van der Waals surface area contributed by atoms with Crippen molar-refractivity contribution in [1.82, 2.24) is 0 Å². The van der Waals surface area contributed by atoms with Gasteiger partial charge >= 0.3 is 14.8 Å². The molecule has 1 aromatic rings. The molecule has 5 nitrogen and oxygen atoms in total. The lowest BCUT2D eigenvalue weighted by Crippen LogP contribution is -2.42. The molecule has 0 spiro atoms. The van der Waals surface area contributed by atoms with Crippen molar-refractivity contribution in [3.8, 4) is 0 Å². The minimum absolute atomic E-state index is 0.219. The van der Waals surface area contributed by atoms with Gasteiger partial charge in [0.1, 0.15) is 0 Å². The molecule has 0 N–H and O–H groups in total. The second kappa shape index (κ2) is 8.94. The van der Waals surface area contributed by atoms with E-state index in [0.29, 0.717) is 25.5 Å². The molecule has 0 radical (unpaired) electrons. The Hall–Kier alpha value is -1.21. The van der Waals surface area contributed by atoms with Gasteiger partial charge in [-0.05, 0) is 24.5 Å². The predicted molar refractivity (Wildman–Crippen MR) is 82.0 cm³/mol. The summed E-state index contributed by atoms with van der Waals surface area (Å²) in [5, 5.41) is 0. The third-order valence-corrected chi connectivity index (χ3v) is 6.25. The lowest BCUT2D eigenvalue weighted by atomic mass is 10.1. The largest absolute Gasteiger partial charge is 0.500 e. The van der Waals surface area contributed by atoms with E-state index < -0.39 is 8.80 Å². The van der Waals surface area contributed by atoms with Crippen molar-refractivity contribution in [2.45, 2.75) is 25.8 Å². The van der Waals surface area contributed by atoms with Crippen LogP contribution in [-0.4, -0.2) is 42.7 Å². The molecule has 0 heterocycles. The third-order valence-electron chi connectivity index (χ3n) is 3.42. The van der Waals surface area contributed by atoms with E-state index in [1.165, 1.54) is 0 Å². The summed E-state index contributed by atoms with van der Waals surface area (Å²) in [7, 11) is 2.15. The normalized spacial score (nSPS) is 11.4. The van der Waals surface area contributed by atoms with E-state index in [4.69, 9.17) is 18.0 Å². The molecule has 0 unspecified atom stereocenters. The molecule has 0 aliphatic carbocycles. The highest BCUT2D eigenvalue weighted by molar-refractivity contribution is 6.60. The molecule has 118 valence electrons. The van der Waals surface area contributed by atoms with Crippen molar-refractivity contribution in [2.24, 2.45) is 0 Å². The minimum Gasteiger partial charge on any atom is -0.465 e. The van der Waals surface area contributed by atoms with Gasteiger partial charge in [-0.2, -0.15) is 0 Å². The van der Waals surface area contributed by atoms with Crippen molar-refractivity contribution in [3.05, 3.63) is 35.4 Å². The molecular formula is C15H24O5Si. The van der Waals surface area contributed by atoms with Crippen molar-refractivity contribution in [1.29, 1.82) is 0 Å². The number of hydrogen-bond acceptors (Lipinski definition) is 5. The van der Waals surface area contributed by atoms with E-state index in [-0.39, 0.29) is 5.97 Å². The van der Waals surface area contributed by atoms with E-state index >= 15 is 0 Å². The molecule has 0 aromatic heterocycles. The van der Waals surface area contributed by atoms with E-state index in [2.05, 4.69) is 0 Å². The highest BCUT2D eigenvalue weighted by Gasteiger charge is 2.36. The average molecular weight is 312 g/mol. The van der Waals surface area contributed by atoms with Gasteiger partial charge in [0.25, 0.3) is 0 Å². The van der Waals surface area contributed by atoms with Gasteiger partial charge in [-0.15, -0.1) is 0 Å². The fraction of sp³-hybridized carbons (Fsp3) is 0.533. The van der Waals surface area contributed by atoms with Gasteiger partial charge in [0, 0.05) is 27.4 Å². The number of carbonyl (C=O) groups is 1. The molecule has 0 aliphatic heterocycles. The predicted octanol–water partition coefficient (Wildman–Crippen LogP) is 2.35. The number of esters is 1. The third kappa shape index (κ3) is 5.59. The molecule has 21 heavy (non-hydrogen) atoms. The molecule has 6 heteroatoms. The Morgan fingerprint density at radius 2 is 1.71 bits per heavy atom. The van der Waals surface area contributed by atoms with Crippen LogP contribution in [0.2, 0.25) is 6.04 Å². The van der Waals surface area contributed by atoms with Crippen LogP contribution in [0.1, 0.15) is 17.5 Å². The molecule has 0 saturated heterocycles. The van der Waals surface area contributed by atoms with Crippen molar-refractivity contribution in [3.63, 3.8) is 0 Å². The van der Waals surface area contributed by atoms with Crippen LogP contribution in [0.3, 0.4) is 0 Å². The number of rotatable bonds is 9. The first-order valence-electron chi connectivity index (χ1n) is 6.92. The number of carbonyl (C=O) groups excluding carboxylic acids is 1. The molecule has 0 bridgehead atoms. The summed E-state index contributed by atoms with van der Waals surface area (Å²) < 4.78 is 21.2. The monoisotopic (exact) mass is 312 g/mol. The minimum atomic E-state index is -2.56. The van der Waals surface area contributed by atoms with Crippen molar-refractivity contribution < 1.29 is 22.8 Å². The topological polar surface area (TPSA) is 54.0 Å². The maximum absolute atomic E-state index is 11.8. The molecule has 0 atom stereocenters. The maximum atomic E-state index is 11.8. The second-order valence-corrected chi connectivity index (χ2v) is 7.81. The van der Waals surface area contributed by atoms with Crippen LogP contribution in [0, 0.1) is 6.92 Å². The first kappa shape index (κ1) is 17.8. The van der Waals surface area contributed by atoms with Gasteiger partial charge in [-0.25, -0.2) is 0 Å². The van der Waals surface area contributed by atoms with Gasteiger partial charge < -0.3 is 18.0 Å². The zero-order chi connectivity index (χ0) is 15.7. The van der Waals surface area contributed by atoms with E-state index in [0.717, 1.165) is 11.1 Å². The summed E-state index contributed by atoms with van der Waals surface area (Å²) >= 11 is 0. The van der Waals surface area contributed by atoms with Crippen LogP contribution >= 0.6 is 0 Å². The highest BCUT2D eigenvalue weighted by atomic mass is 28.4. The van der Waals surface area contributed by atoms with Crippen LogP contribution in [0.5, 0.6) is 0 Å². The lowest BCUT2D eigenvalue weighted by molar-refractivity contribution is -0.142. The molecule has 0 saturated carbocycles. The summed E-state index contributed by atoms with van der Waals surface area (Å²) in [6.07, 6.45) is 0.954. The highest BCUT2D eigenvalue weighted by Crippen LogP contribution is 2.15. The summed E-state index contributed by atoms with van der Waals surface area (Å²) in [5.74, 6) is -0.219. The fourth-order valence-electron chi connectivity index (χ4n) is 2.05. The molecule has 1 rings (SSSR count). The molecular weight excluding hydrogens is 288 g/mol. The van der Waals surface area contributed by atoms with Crippen molar-refractivity contribution >= 4 is 14.8 Å². The zero-order valence-corrected chi connectivity index (χ0v) is 14.2. The van der Waals surface area contributed by atoms with E-state index in [1.54, 1.807) is 21.3 Å². The molecule has 0 aliphatic rings. The smallest absolute Gasteiger partial charge is 0.465 e. The zero-order valence-electron chi connectivity index (χ0n) is 13.2. The number of aryl methyl sites for hydroxylation is 1. The lowest BCUT2D eigenvalue weighted by Gasteiger charge is -2.24. The average Bonchev–Trinajstić information content (AvgIpc) is 2.50. The van der Waals surface area contributed by atoms with Crippen LogP contribution in [0.25, 0.3) is 0 Å². The quantitative estimate of drug-likeness (QED) is 0.398. The van der Waals surface area contributed by atoms with Crippen LogP contribution < -0.4 is 0 Å². The SMILES string of the molecule is CO[Si](CCCOC(=O)Cc1ccccc1C)(OC)OC. The Labute approximate surface area is 127 Å². The maximum Gasteiger partial charge on any atom is 0.500 e. The summed E-state index contributed by atoms with van der Waals surface area (Å²) in [5.41, 5.74) is 2.09. The molecule has 1 aromatic carbocycles. The van der Waals surface area contributed by atoms with Gasteiger partial charge in [-0.3, -0.25) is 4.79 Å². The Bertz CT molecular complexity index is 437. The fourth-order valence-corrected chi connectivity index (χ4v) is 3.74. The number of ether oxygens (including phenoxy) is 1. The van der Waals surface area contributed by atoms with Gasteiger partial charge in [0.2, 0.25) is 0 Å². The van der Waals surface area contributed by atoms with E-state index in [9.17, 15) is 4.79 Å². The second-order valence-electron chi connectivity index (χ2n) is 4.72.